The van der Waals surface area contributed by atoms with Crippen LogP contribution in [0.2, 0.25) is 15.3 Å². The van der Waals surface area contributed by atoms with Gasteiger partial charge in [-0.2, -0.15) is 9.97 Å². The molecule has 6 nitrogen and oxygen atoms in total. The molecule has 2 N–H and O–H groups in total. The van der Waals surface area contributed by atoms with Crippen LogP contribution in [0.25, 0.3) is 0 Å². The van der Waals surface area contributed by atoms with Gasteiger partial charge in [-0.25, -0.2) is 0 Å². The third kappa shape index (κ3) is 5.77. The van der Waals surface area contributed by atoms with E-state index in [1.165, 1.54) is 6.07 Å². The highest BCUT2D eigenvalue weighted by atomic mass is 35.5. The van der Waals surface area contributed by atoms with Crippen LogP contribution in [-0.2, 0) is 0 Å². The third-order valence-electron chi connectivity index (χ3n) is 3.28. The minimum atomic E-state index is -0.366. The van der Waals surface area contributed by atoms with E-state index >= 15 is 0 Å². The molecule has 3 rings (SSSR count). The van der Waals surface area contributed by atoms with Crippen molar-refractivity contribution in [1.82, 2.24) is 15.3 Å². The number of ether oxygens (including phenoxy) is 1. The van der Waals surface area contributed by atoms with E-state index in [9.17, 15) is 4.79 Å². The zero-order valence-corrected chi connectivity index (χ0v) is 17.0. The number of hydrogen-bond acceptors (Lipinski definition) is 5. The Hall–Kier alpha value is -2.45. The number of nitrogens with zero attached hydrogens (tertiary/aromatic N) is 2. The van der Waals surface area contributed by atoms with E-state index < -0.39 is 0 Å². The second-order valence-corrected chi connectivity index (χ2v) is 6.96. The van der Waals surface area contributed by atoms with Crippen LogP contribution >= 0.6 is 47.0 Å². The van der Waals surface area contributed by atoms with Gasteiger partial charge in [-0.15, -0.1) is 0 Å². The minimum absolute atomic E-state index is 0.0301. The van der Waals surface area contributed by atoms with Crippen molar-refractivity contribution in [3.63, 3.8) is 0 Å². The molecule has 0 saturated heterocycles. The van der Waals surface area contributed by atoms with E-state index in [0.29, 0.717) is 22.0 Å². The summed E-state index contributed by atoms with van der Waals surface area (Å²) < 4.78 is 5.50. The molecular weight excluding hydrogens is 443 g/mol. The van der Waals surface area contributed by atoms with Crippen molar-refractivity contribution in [2.45, 2.75) is 0 Å². The summed E-state index contributed by atoms with van der Waals surface area (Å²) in [7, 11) is 0. The van der Waals surface area contributed by atoms with Gasteiger partial charge in [-0.3, -0.25) is 10.1 Å². The molecule has 0 fully saturated rings. The van der Waals surface area contributed by atoms with Crippen molar-refractivity contribution in [3.05, 3.63) is 75.5 Å². The number of anilines is 1. The maximum absolute atomic E-state index is 12.2. The first-order valence-electron chi connectivity index (χ1n) is 7.75. The fourth-order valence-electron chi connectivity index (χ4n) is 2.10. The lowest BCUT2D eigenvalue weighted by atomic mass is 10.2. The zero-order chi connectivity index (χ0) is 20.1. The summed E-state index contributed by atoms with van der Waals surface area (Å²) in [5.41, 5.74) is 1.05. The molecule has 0 aliphatic heterocycles. The number of carbonyl (C=O) groups excluding carboxylic acids is 1. The quantitative estimate of drug-likeness (QED) is 0.409. The molecule has 1 aromatic heterocycles. The van der Waals surface area contributed by atoms with Gasteiger partial charge < -0.3 is 10.1 Å². The molecule has 1 amide bonds. The molecule has 2 aromatic carbocycles. The van der Waals surface area contributed by atoms with Crippen LogP contribution in [0.1, 0.15) is 10.4 Å². The van der Waals surface area contributed by atoms with Crippen LogP contribution in [0, 0.1) is 0 Å². The first-order chi connectivity index (χ1) is 13.4. The average molecular weight is 454 g/mol. The number of halogens is 3. The highest BCUT2D eigenvalue weighted by Crippen LogP contribution is 2.23. The fraction of sp³-hybridized carbons (Fsp3) is 0. The lowest BCUT2D eigenvalue weighted by Gasteiger charge is -2.10. The van der Waals surface area contributed by atoms with Crippen LogP contribution in [-0.4, -0.2) is 21.0 Å². The van der Waals surface area contributed by atoms with Crippen molar-refractivity contribution >= 4 is 63.7 Å². The van der Waals surface area contributed by atoms with E-state index in [2.05, 4.69) is 20.6 Å². The van der Waals surface area contributed by atoms with Gasteiger partial charge in [-0.1, -0.05) is 40.9 Å². The zero-order valence-electron chi connectivity index (χ0n) is 13.9. The van der Waals surface area contributed by atoms with Gasteiger partial charge in [0, 0.05) is 22.3 Å². The van der Waals surface area contributed by atoms with Crippen molar-refractivity contribution < 1.29 is 9.53 Å². The minimum Gasteiger partial charge on any atom is -0.424 e. The van der Waals surface area contributed by atoms with Crippen LogP contribution in [0.5, 0.6) is 11.8 Å². The molecule has 0 radical (unpaired) electrons. The van der Waals surface area contributed by atoms with Crippen molar-refractivity contribution in [2.75, 3.05) is 5.32 Å². The molecule has 28 heavy (non-hydrogen) atoms. The summed E-state index contributed by atoms with van der Waals surface area (Å²) in [5.74, 6) is 0.104. The second-order valence-electron chi connectivity index (χ2n) is 5.34. The van der Waals surface area contributed by atoms with Gasteiger partial charge in [0.05, 0.1) is 0 Å². The van der Waals surface area contributed by atoms with E-state index in [1.807, 2.05) is 0 Å². The van der Waals surface area contributed by atoms with Crippen molar-refractivity contribution in [2.24, 2.45) is 0 Å². The lowest BCUT2D eigenvalue weighted by Crippen LogP contribution is -2.34. The summed E-state index contributed by atoms with van der Waals surface area (Å²) in [5, 5.41) is 6.44. The number of benzene rings is 2. The Morgan fingerprint density at radius 2 is 1.64 bits per heavy atom. The number of carbonyl (C=O) groups is 1. The van der Waals surface area contributed by atoms with E-state index in [-0.39, 0.29) is 27.3 Å². The Morgan fingerprint density at radius 3 is 2.29 bits per heavy atom. The van der Waals surface area contributed by atoms with Crippen LogP contribution in [0.4, 0.5) is 5.69 Å². The Kier molecular flexibility index (Phi) is 6.64. The number of nitrogens with one attached hydrogen (secondary N) is 2. The van der Waals surface area contributed by atoms with Crippen molar-refractivity contribution in [1.29, 1.82) is 0 Å². The lowest BCUT2D eigenvalue weighted by molar-refractivity contribution is 0.0977. The summed E-state index contributed by atoms with van der Waals surface area (Å²) in [4.78, 5) is 20.0. The van der Waals surface area contributed by atoms with Crippen LogP contribution in [0.3, 0.4) is 0 Å². The molecule has 10 heteroatoms. The fourth-order valence-corrected chi connectivity index (χ4v) is 2.90. The molecule has 0 aliphatic carbocycles. The average Bonchev–Trinajstić information content (AvgIpc) is 2.62. The molecule has 0 unspecified atom stereocenters. The number of thiocarbonyl (C=S) groups is 1. The summed E-state index contributed by atoms with van der Waals surface area (Å²) in [6, 6.07) is 14.7. The topological polar surface area (TPSA) is 76.1 Å². The molecular formula is C18H11Cl3N4O2S. The SMILES string of the molecule is O=C(NC(=S)Nc1ccc(Oc2nc(Cl)cc(Cl)n2)cc1)c1cccc(Cl)c1. The maximum atomic E-state index is 12.2. The highest BCUT2D eigenvalue weighted by molar-refractivity contribution is 7.80. The van der Waals surface area contributed by atoms with Gasteiger partial charge in [0.15, 0.2) is 5.11 Å². The second kappa shape index (κ2) is 9.16. The summed E-state index contributed by atoms with van der Waals surface area (Å²) >= 11 is 22.7. The Bertz CT molecular complexity index is 1010. The summed E-state index contributed by atoms with van der Waals surface area (Å²) in [6.07, 6.45) is 0. The molecule has 0 spiro atoms. The Morgan fingerprint density at radius 1 is 0.964 bits per heavy atom. The van der Waals surface area contributed by atoms with Gasteiger partial charge in [0.1, 0.15) is 16.1 Å². The smallest absolute Gasteiger partial charge is 0.324 e. The highest BCUT2D eigenvalue weighted by Gasteiger charge is 2.09. The largest absolute Gasteiger partial charge is 0.424 e. The van der Waals surface area contributed by atoms with E-state index in [0.717, 1.165) is 0 Å². The molecule has 0 bridgehead atoms. The number of hydrogen-bond donors (Lipinski definition) is 2. The van der Waals surface area contributed by atoms with Crippen LogP contribution in [0.15, 0.2) is 54.6 Å². The van der Waals surface area contributed by atoms with E-state index in [4.69, 9.17) is 51.8 Å². The van der Waals surface area contributed by atoms with Gasteiger partial charge in [-0.05, 0) is 54.7 Å². The summed E-state index contributed by atoms with van der Waals surface area (Å²) in [6.45, 7) is 0. The van der Waals surface area contributed by atoms with Gasteiger partial charge >= 0.3 is 6.01 Å². The normalized spacial score (nSPS) is 10.2. The Balaban J connectivity index is 1.59. The molecule has 1 heterocycles. The van der Waals surface area contributed by atoms with Gasteiger partial charge in [0.2, 0.25) is 0 Å². The Labute approximate surface area is 180 Å². The number of rotatable bonds is 4. The predicted molar refractivity (Wildman–Crippen MR) is 114 cm³/mol. The molecule has 0 saturated carbocycles. The first-order valence-corrected chi connectivity index (χ1v) is 9.29. The number of aromatic nitrogens is 2. The molecule has 0 aliphatic rings. The van der Waals surface area contributed by atoms with Gasteiger partial charge in [0.25, 0.3) is 5.91 Å². The molecule has 3 aromatic rings. The van der Waals surface area contributed by atoms with Crippen LogP contribution < -0.4 is 15.4 Å². The molecule has 142 valence electrons. The predicted octanol–water partition coefficient (Wildman–Crippen LogP) is 5.36. The molecule has 0 atom stereocenters. The monoisotopic (exact) mass is 452 g/mol. The van der Waals surface area contributed by atoms with E-state index in [1.54, 1.807) is 48.5 Å². The first kappa shape index (κ1) is 20.3. The number of amides is 1. The van der Waals surface area contributed by atoms with Crippen molar-refractivity contribution in [3.8, 4) is 11.8 Å². The standard InChI is InChI=1S/C18H11Cl3N4O2S/c19-11-3-1-2-10(8-11)16(26)25-18(28)22-12-4-6-13(7-5-12)27-17-23-14(20)9-15(21)24-17/h1-9H,(H2,22,25,26,28). The maximum Gasteiger partial charge on any atom is 0.324 e. The third-order valence-corrected chi connectivity index (χ3v) is 4.10.